The van der Waals surface area contributed by atoms with Crippen molar-refractivity contribution in [2.24, 2.45) is 5.92 Å². The van der Waals surface area contributed by atoms with E-state index >= 15 is 0 Å². The van der Waals surface area contributed by atoms with Crippen LogP contribution in [0.25, 0.3) is 0 Å². The summed E-state index contributed by atoms with van der Waals surface area (Å²) in [6.45, 7) is 2.30. The molecule has 7 heteroatoms. The number of hydrogen-bond acceptors (Lipinski definition) is 4. The topological polar surface area (TPSA) is 96.9 Å². The quantitative estimate of drug-likeness (QED) is 0.484. The van der Waals surface area contributed by atoms with Crippen molar-refractivity contribution in [3.05, 3.63) is 0 Å². The second kappa shape index (κ2) is 9.55. The molecule has 0 aromatic carbocycles. The van der Waals surface area contributed by atoms with Gasteiger partial charge in [0.1, 0.15) is 6.04 Å². The Morgan fingerprint density at radius 1 is 1.25 bits per heavy atom. The molecule has 1 atom stereocenters. The van der Waals surface area contributed by atoms with Gasteiger partial charge in [-0.05, 0) is 31.6 Å². The Bertz CT molecular complexity index is 307. The van der Waals surface area contributed by atoms with E-state index in [0.29, 0.717) is 26.4 Å². The second-order valence-electron chi connectivity index (χ2n) is 4.87. The molecule has 0 saturated heterocycles. The molecule has 2 amide bonds. The highest BCUT2D eigenvalue weighted by atomic mass is 16.5. The molecule has 1 saturated carbocycles. The van der Waals surface area contributed by atoms with Crippen LogP contribution < -0.4 is 10.6 Å². The molecule has 0 aliphatic heterocycles. The first kappa shape index (κ1) is 16.7. The Kier molecular flexibility index (Phi) is 7.98. The Balaban J connectivity index is 1.98. The van der Waals surface area contributed by atoms with Crippen molar-refractivity contribution >= 4 is 12.0 Å². The Labute approximate surface area is 119 Å². The number of ether oxygens (including phenoxy) is 2. The van der Waals surface area contributed by atoms with Crippen molar-refractivity contribution in [1.29, 1.82) is 0 Å². The van der Waals surface area contributed by atoms with E-state index in [9.17, 15) is 9.59 Å². The van der Waals surface area contributed by atoms with E-state index in [2.05, 4.69) is 10.6 Å². The average molecular weight is 288 g/mol. The second-order valence-corrected chi connectivity index (χ2v) is 4.87. The third-order valence-corrected chi connectivity index (χ3v) is 3.08. The summed E-state index contributed by atoms with van der Waals surface area (Å²) < 4.78 is 10.1. The fourth-order valence-electron chi connectivity index (χ4n) is 1.78. The molecule has 7 nitrogen and oxygen atoms in total. The standard InChI is InChI=1S/C13H24N2O5/c1-19-8-9-20-7-3-2-6-14-13(18)15-11(12(16)17)10-4-5-10/h10-11H,2-9H2,1H3,(H,16,17)(H2,14,15,18). The highest BCUT2D eigenvalue weighted by Crippen LogP contribution is 2.32. The fraction of sp³-hybridized carbons (Fsp3) is 0.846. The molecule has 1 aliphatic rings. The molecular formula is C13H24N2O5. The van der Waals surface area contributed by atoms with Gasteiger partial charge in [0.2, 0.25) is 0 Å². The van der Waals surface area contributed by atoms with Gasteiger partial charge in [0.25, 0.3) is 0 Å². The van der Waals surface area contributed by atoms with Gasteiger partial charge in [0.05, 0.1) is 13.2 Å². The Hall–Kier alpha value is -1.34. The van der Waals surface area contributed by atoms with Crippen LogP contribution >= 0.6 is 0 Å². The molecule has 1 fully saturated rings. The van der Waals surface area contributed by atoms with Crippen LogP contribution in [0.3, 0.4) is 0 Å². The first-order valence-electron chi connectivity index (χ1n) is 6.99. The SMILES string of the molecule is COCCOCCCCNC(=O)NC(C(=O)O)C1CC1. The smallest absolute Gasteiger partial charge is 0.326 e. The highest BCUT2D eigenvalue weighted by molar-refractivity contribution is 5.83. The monoisotopic (exact) mass is 288 g/mol. The van der Waals surface area contributed by atoms with Crippen LogP contribution in [0, 0.1) is 5.92 Å². The van der Waals surface area contributed by atoms with Crippen LogP contribution in [0.5, 0.6) is 0 Å². The predicted molar refractivity (Wildman–Crippen MR) is 72.6 cm³/mol. The van der Waals surface area contributed by atoms with Crippen LogP contribution in [0.4, 0.5) is 4.79 Å². The minimum Gasteiger partial charge on any atom is -0.480 e. The zero-order valence-corrected chi connectivity index (χ0v) is 11.9. The van der Waals surface area contributed by atoms with Gasteiger partial charge in [0, 0.05) is 20.3 Å². The number of aliphatic carboxylic acids is 1. The first-order chi connectivity index (χ1) is 9.65. The number of carbonyl (C=O) groups excluding carboxylic acids is 1. The normalized spacial score (nSPS) is 15.7. The minimum atomic E-state index is -0.964. The van der Waals surface area contributed by atoms with Gasteiger partial charge in [-0.2, -0.15) is 0 Å². The number of amides is 2. The summed E-state index contributed by atoms with van der Waals surface area (Å²) in [6.07, 6.45) is 3.38. The molecule has 1 aliphatic carbocycles. The molecule has 0 spiro atoms. The maximum Gasteiger partial charge on any atom is 0.326 e. The number of carbonyl (C=O) groups is 2. The zero-order valence-electron chi connectivity index (χ0n) is 11.9. The van der Waals surface area contributed by atoms with Gasteiger partial charge in [0.15, 0.2) is 0 Å². The molecular weight excluding hydrogens is 264 g/mol. The number of carboxylic acid groups (broad SMARTS) is 1. The van der Waals surface area contributed by atoms with Crippen LogP contribution in [0.15, 0.2) is 0 Å². The summed E-state index contributed by atoms with van der Waals surface area (Å²) in [4.78, 5) is 22.5. The molecule has 0 radical (unpaired) electrons. The number of nitrogens with one attached hydrogen (secondary N) is 2. The minimum absolute atomic E-state index is 0.0902. The van der Waals surface area contributed by atoms with Crippen molar-refractivity contribution in [3.63, 3.8) is 0 Å². The van der Waals surface area contributed by atoms with Gasteiger partial charge < -0.3 is 25.2 Å². The number of methoxy groups -OCH3 is 1. The number of urea groups is 1. The highest BCUT2D eigenvalue weighted by Gasteiger charge is 2.37. The fourth-order valence-corrected chi connectivity index (χ4v) is 1.78. The molecule has 20 heavy (non-hydrogen) atoms. The van der Waals surface area contributed by atoms with E-state index in [4.69, 9.17) is 14.6 Å². The Morgan fingerprint density at radius 2 is 2.00 bits per heavy atom. The lowest BCUT2D eigenvalue weighted by molar-refractivity contribution is -0.139. The summed E-state index contributed by atoms with van der Waals surface area (Å²) in [5.74, 6) is -0.873. The van der Waals surface area contributed by atoms with E-state index < -0.39 is 18.0 Å². The van der Waals surface area contributed by atoms with Gasteiger partial charge in [-0.25, -0.2) is 9.59 Å². The first-order valence-corrected chi connectivity index (χ1v) is 6.99. The molecule has 0 bridgehead atoms. The maximum atomic E-state index is 11.5. The summed E-state index contributed by atoms with van der Waals surface area (Å²) in [6, 6.07) is -1.17. The number of rotatable bonds is 11. The largest absolute Gasteiger partial charge is 0.480 e. The molecule has 116 valence electrons. The van der Waals surface area contributed by atoms with Crippen LogP contribution in [0.2, 0.25) is 0 Å². The zero-order chi connectivity index (χ0) is 14.8. The van der Waals surface area contributed by atoms with E-state index in [-0.39, 0.29) is 5.92 Å². The summed E-state index contributed by atoms with van der Waals surface area (Å²) >= 11 is 0. The van der Waals surface area contributed by atoms with Gasteiger partial charge in [-0.3, -0.25) is 0 Å². The van der Waals surface area contributed by atoms with Crippen molar-refractivity contribution in [2.45, 2.75) is 31.7 Å². The summed E-state index contributed by atoms with van der Waals surface area (Å²) in [5, 5.41) is 14.1. The summed E-state index contributed by atoms with van der Waals surface area (Å²) in [5.41, 5.74) is 0. The lowest BCUT2D eigenvalue weighted by atomic mass is 10.2. The third-order valence-electron chi connectivity index (χ3n) is 3.08. The van der Waals surface area contributed by atoms with Crippen LogP contribution in [-0.4, -0.2) is 56.6 Å². The number of carboxylic acids is 1. The van der Waals surface area contributed by atoms with Crippen LogP contribution in [0.1, 0.15) is 25.7 Å². The van der Waals surface area contributed by atoms with Crippen molar-refractivity contribution in [2.75, 3.05) is 33.5 Å². The molecule has 1 unspecified atom stereocenters. The van der Waals surface area contributed by atoms with Gasteiger partial charge in [-0.1, -0.05) is 0 Å². The molecule has 1 rings (SSSR count). The number of unbranched alkanes of at least 4 members (excludes halogenated alkanes) is 1. The van der Waals surface area contributed by atoms with Crippen molar-refractivity contribution in [1.82, 2.24) is 10.6 Å². The average Bonchev–Trinajstić information content (AvgIpc) is 3.23. The van der Waals surface area contributed by atoms with Crippen molar-refractivity contribution in [3.8, 4) is 0 Å². The lowest BCUT2D eigenvalue weighted by Gasteiger charge is -2.14. The van der Waals surface area contributed by atoms with E-state index in [1.54, 1.807) is 7.11 Å². The molecule has 0 heterocycles. The molecule has 0 aromatic heterocycles. The predicted octanol–water partition coefficient (Wildman–Crippen LogP) is 0.592. The van der Waals surface area contributed by atoms with Crippen molar-refractivity contribution < 1.29 is 24.2 Å². The van der Waals surface area contributed by atoms with Gasteiger partial charge >= 0.3 is 12.0 Å². The maximum absolute atomic E-state index is 11.5. The van der Waals surface area contributed by atoms with Crippen LogP contribution in [-0.2, 0) is 14.3 Å². The van der Waals surface area contributed by atoms with E-state index in [0.717, 1.165) is 25.7 Å². The third kappa shape index (κ3) is 7.30. The Morgan fingerprint density at radius 3 is 2.60 bits per heavy atom. The lowest BCUT2D eigenvalue weighted by Crippen LogP contribution is -2.47. The molecule has 0 aromatic rings. The number of hydrogen-bond donors (Lipinski definition) is 3. The summed E-state index contributed by atoms with van der Waals surface area (Å²) in [7, 11) is 1.62. The molecule has 3 N–H and O–H groups in total. The van der Waals surface area contributed by atoms with E-state index in [1.165, 1.54) is 0 Å². The van der Waals surface area contributed by atoms with Gasteiger partial charge in [-0.15, -0.1) is 0 Å². The van der Waals surface area contributed by atoms with E-state index in [1.807, 2.05) is 0 Å².